The first kappa shape index (κ1) is 23.2. The molecule has 10 heteroatoms. The van der Waals surface area contributed by atoms with Gasteiger partial charge in [-0.1, -0.05) is 30.7 Å². The van der Waals surface area contributed by atoms with E-state index >= 15 is 0 Å². The minimum absolute atomic E-state index is 0.264. The summed E-state index contributed by atoms with van der Waals surface area (Å²) < 4.78 is 35.2. The van der Waals surface area contributed by atoms with Gasteiger partial charge in [-0.25, -0.2) is 13.1 Å². The zero-order valence-electron chi connectivity index (χ0n) is 19.0. The Hall–Kier alpha value is -2.53. The average molecular weight is 500 g/mol. The molecule has 0 amide bonds. The first-order chi connectivity index (χ1) is 16.5. The molecule has 2 aliphatic heterocycles. The van der Waals surface area contributed by atoms with Crippen LogP contribution in [0.25, 0.3) is 11.5 Å². The largest absolute Gasteiger partial charge is 0.409 e. The van der Waals surface area contributed by atoms with E-state index in [2.05, 4.69) is 39.2 Å². The highest BCUT2D eigenvalue weighted by Crippen LogP contribution is 2.26. The minimum Gasteiger partial charge on any atom is -0.409 e. The van der Waals surface area contributed by atoms with Crippen LogP contribution in [0.4, 0.5) is 5.69 Å². The van der Waals surface area contributed by atoms with Gasteiger partial charge in [-0.3, -0.25) is 4.90 Å². The fourth-order valence-corrected chi connectivity index (χ4v) is 6.27. The summed E-state index contributed by atoms with van der Waals surface area (Å²) in [5.74, 6) is 0.337. The van der Waals surface area contributed by atoms with Gasteiger partial charge in [-0.05, 0) is 55.4 Å². The predicted octanol–water partition coefficient (Wildman–Crippen LogP) is 3.83. The fraction of sp³-hybridized carbons (Fsp3) is 0.417. The van der Waals surface area contributed by atoms with Crippen molar-refractivity contribution < 1.29 is 12.8 Å². The molecule has 3 aromatic rings. The zero-order chi connectivity index (χ0) is 23.5. The lowest BCUT2D eigenvalue weighted by molar-refractivity contribution is 0.192. The molecule has 0 saturated carbocycles. The Kier molecular flexibility index (Phi) is 6.82. The lowest BCUT2D eigenvalue weighted by Crippen LogP contribution is -2.46. The van der Waals surface area contributed by atoms with Crippen molar-refractivity contribution in [1.29, 1.82) is 0 Å². The van der Waals surface area contributed by atoms with Crippen molar-refractivity contribution in [3.63, 3.8) is 0 Å². The standard InChI is InChI=1S/C24H29N5O3S2/c30-34(31,28-12-5-2-6-13-28)22-11-7-8-20(18-22)23-25-29(24(33)32-23)19-26-14-16-27(17-15-26)21-9-3-1-4-10-21/h1,3-4,7-11,18H,2,5-6,12-17,19H2. The molecule has 2 aliphatic rings. The lowest BCUT2D eigenvalue weighted by atomic mass is 10.2. The number of nitrogens with zero attached hydrogens (tertiary/aromatic N) is 5. The molecule has 0 spiro atoms. The summed E-state index contributed by atoms with van der Waals surface area (Å²) in [6.45, 7) is 5.32. The summed E-state index contributed by atoms with van der Waals surface area (Å²) in [5.41, 5.74) is 1.85. The van der Waals surface area contributed by atoms with Gasteiger partial charge in [-0.2, -0.15) is 4.31 Å². The first-order valence-corrected chi connectivity index (χ1v) is 13.6. The van der Waals surface area contributed by atoms with Crippen LogP contribution in [-0.4, -0.2) is 66.7 Å². The van der Waals surface area contributed by atoms with Crippen LogP contribution < -0.4 is 4.90 Å². The molecule has 180 valence electrons. The van der Waals surface area contributed by atoms with E-state index in [1.54, 1.807) is 33.3 Å². The van der Waals surface area contributed by atoms with Crippen molar-refractivity contribution in [3.8, 4) is 11.5 Å². The Morgan fingerprint density at radius 3 is 2.35 bits per heavy atom. The van der Waals surface area contributed by atoms with Gasteiger partial charge in [0.1, 0.15) is 0 Å². The number of hydrogen-bond donors (Lipinski definition) is 0. The summed E-state index contributed by atoms with van der Waals surface area (Å²) in [7, 11) is -3.53. The minimum atomic E-state index is -3.53. The van der Waals surface area contributed by atoms with Gasteiger partial charge in [0, 0.05) is 50.5 Å². The summed E-state index contributed by atoms with van der Waals surface area (Å²) in [4.78, 5) is 5.21. The molecular formula is C24H29N5O3S2. The van der Waals surface area contributed by atoms with Crippen LogP contribution in [0.15, 0.2) is 63.9 Å². The van der Waals surface area contributed by atoms with Crippen LogP contribution in [0.1, 0.15) is 19.3 Å². The van der Waals surface area contributed by atoms with Gasteiger partial charge in [0.15, 0.2) is 0 Å². The third-order valence-electron chi connectivity index (χ3n) is 6.47. The van der Waals surface area contributed by atoms with Crippen LogP contribution in [-0.2, 0) is 16.7 Å². The van der Waals surface area contributed by atoms with Gasteiger partial charge in [0.25, 0.3) is 4.84 Å². The molecule has 1 aromatic heterocycles. The van der Waals surface area contributed by atoms with Gasteiger partial charge in [-0.15, -0.1) is 5.10 Å². The number of piperazine rings is 1. The zero-order valence-corrected chi connectivity index (χ0v) is 20.7. The molecule has 0 aliphatic carbocycles. The Labute approximate surface area is 205 Å². The monoisotopic (exact) mass is 499 g/mol. The van der Waals surface area contributed by atoms with Crippen molar-refractivity contribution in [2.75, 3.05) is 44.2 Å². The van der Waals surface area contributed by atoms with Crippen LogP contribution in [0, 0.1) is 4.84 Å². The molecule has 2 fully saturated rings. The normalized spacial score (nSPS) is 18.3. The fourth-order valence-electron chi connectivity index (χ4n) is 4.53. The summed E-state index contributed by atoms with van der Waals surface area (Å²) in [5, 5.41) is 4.57. The molecule has 8 nitrogen and oxygen atoms in total. The number of rotatable bonds is 6. The summed E-state index contributed by atoms with van der Waals surface area (Å²) >= 11 is 5.42. The van der Waals surface area contributed by atoms with E-state index in [4.69, 9.17) is 16.6 Å². The number of benzene rings is 2. The number of aromatic nitrogens is 2. The van der Waals surface area contributed by atoms with Crippen molar-refractivity contribution in [2.45, 2.75) is 30.8 Å². The molecule has 3 heterocycles. The molecule has 2 aromatic carbocycles. The van der Waals surface area contributed by atoms with Crippen LogP contribution >= 0.6 is 12.2 Å². The van der Waals surface area contributed by atoms with E-state index in [9.17, 15) is 8.42 Å². The Morgan fingerprint density at radius 2 is 1.62 bits per heavy atom. The van der Waals surface area contributed by atoms with Crippen LogP contribution in [0.5, 0.6) is 0 Å². The molecule has 34 heavy (non-hydrogen) atoms. The molecule has 0 atom stereocenters. The van der Waals surface area contributed by atoms with Crippen LogP contribution in [0.2, 0.25) is 0 Å². The van der Waals surface area contributed by atoms with Gasteiger partial charge >= 0.3 is 0 Å². The maximum Gasteiger partial charge on any atom is 0.288 e. The highest BCUT2D eigenvalue weighted by atomic mass is 32.2. The van der Waals surface area contributed by atoms with Crippen LogP contribution in [0.3, 0.4) is 0 Å². The van der Waals surface area contributed by atoms with Crippen molar-refractivity contribution >= 4 is 27.9 Å². The quantitative estimate of drug-likeness (QED) is 0.477. The number of piperidine rings is 1. The third kappa shape index (κ3) is 4.95. The van der Waals surface area contributed by atoms with E-state index < -0.39 is 10.0 Å². The van der Waals surface area contributed by atoms with Gasteiger partial charge in [0.05, 0.1) is 11.6 Å². The lowest BCUT2D eigenvalue weighted by Gasteiger charge is -2.35. The van der Waals surface area contributed by atoms with Crippen molar-refractivity contribution in [2.24, 2.45) is 0 Å². The molecule has 0 unspecified atom stereocenters. The second-order valence-electron chi connectivity index (χ2n) is 8.75. The smallest absolute Gasteiger partial charge is 0.288 e. The Balaban J connectivity index is 1.28. The van der Waals surface area contributed by atoms with Crippen molar-refractivity contribution in [3.05, 3.63) is 59.4 Å². The molecule has 0 N–H and O–H groups in total. The Bertz CT molecular complexity index is 1280. The van der Waals surface area contributed by atoms with E-state index in [0.29, 0.717) is 31.2 Å². The third-order valence-corrected chi connectivity index (χ3v) is 8.66. The Morgan fingerprint density at radius 1 is 0.882 bits per heavy atom. The summed E-state index contributed by atoms with van der Waals surface area (Å²) in [6.07, 6.45) is 2.88. The highest BCUT2D eigenvalue weighted by Gasteiger charge is 2.26. The van der Waals surface area contributed by atoms with E-state index in [1.807, 2.05) is 6.07 Å². The molecule has 2 saturated heterocycles. The van der Waals surface area contributed by atoms with Crippen molar-refractivity contribution in [1.82, 2.24) is 19.0 Å². The maximum absolute atomic E-state index is 13.1. The van der Waals surface area contributed by atoms with E-state index in [-0.39, 0.29) is 9.73 Å². The number of anilines is 1. The predicted molar refractivity (Wildman–Crippen MR) is 134 cm³/mol. The average Bonchev–Trinajstić information content (AvgIpc) is 3.25. The maximum atomic E-state index is 13.1. The second kappa shape index (κ2) is 9.99. The van der Waals surface area contributed by atoms with Gasteiger partial charge < -0.3 is 9.32 Å². The van der Waals surface area contributed by atoms with Gasteiger partial charge in [0.2, 0.25) is 15.9 Å². The number of para-hydroxylation sites is 1. The van der Waals surface area contributed by atoms with E-state index in [1.165, 1.54) is 5.69 Å². The summed E-state index contributed by atoms with van der Waals surface area (Å²) in [6, 6.07) is 17.2. The first-order valence-electron chi connectivity index (χ1n) is 11.7. The topological polar surface area (TPSA) is 74.8 Å². The number of sulfonamides is 1. The number of hydrogen-bond acceptors (Lipinski definition) is 7. The second-order valence-corrected chi connectivity index (χ2v) is 11.0. The van der Waals surface area contributed by atoms with E-state index in [0.717, 1.165) is 45.4 Å². The molecule has 0 radical (unpaired) electrons. The molecule has 5 rings (SSSR count). The molecular weight excluding hydrogens is 470 g/mol. The highest BCUT2D eigenvalue weighted by molar-refractivity contribution is 7.89. The molecule has 0 bridgehead atoms. The SMILES string of the molecule is O=S(=O)(c1cccc(-c2nn(CN3CCN(c4ccccc4)CC3)c(=S)o2)c1)N1CCCCC1.